The maximum absolute atomic E-state index is 13.3. The van der Waals surface area contributed by atoms with Crippen LogP contribution < -0.4 is 5.32 Å². The van der Waals surface area contributed by atoms with Crippen molar-refractivity contribution in [2.75, 3.05) is 5.32 Å². The van der Waals surface area contributed by atoms with Crippen molar-refractivity contribution in [3.8, 4) is 0 Å². The summed E-state index contributed by atoms with van der Waals surface area (Å²) < 4.78 is 13.7. The summed E-state index contributed by atoms with van der Waals surface area (Å²) in [5, 5.41) is 3.12. The molecule has 5 heteroatoms. The van der Waals surface area contributed by atoms with Gasteiger partial charge in [0.2, 0.25) is 0 Å². The Morgan fingerprint density at radius 1 is 1.26 bits per heavy atom. The van der Waals surface area contributed by atoms with E-state index in [1.807, 2.05) is 6.92 Å². The molecule has 19 heavy (non-hydrogen) atoms. The molecular formula is C14H10BrClFNO. The Morgan fingerprint density at radius 3 is 2.63 bits per heavy atom. The Kier molecular flexibility index (Phi) is 4.22. The van der Waals surface area contributed by atoms with Crippen molar-refractivity contribution in [1.29, 1.82) is 0 Å². The van der Waals surface area contributed by atoms with Crippen LogP contribution in [0.5, 0.6) is 0 Å². The van der Waals surface area contributed by atoms with Crippen LogP contribution in [0.15, 0.2) is 40.9 Å². The lowest BCUT2D eigenvalue weighted by atomic mass is 10.1. The fraction of sp³-hybridized carbons (Fsp3) is 0.0714. The lowest BCUT2D eigenvalue weighted by molar-refractivity contribution is 0.102. The zero-order chi connectivity index (χ0) is 14.0. The minimum absolute atomic E-state index is 0.327. The van der Waals surface area contributed by atoms with Crippen LogP contribution in [0.2, 0.25) is 5.02 Å². The summed E-state index contributed by atoms with van der Waals surface area (Å²) in [5.41, 5.74) is 1.72. The lowest BCUT2D eigenvalue weighted by Crippen LogP contribution is -2.12. The van der Waals surface area contributed by atoms with Gasteiger partial charge in [-0.2, -0.15) is 0 Å². The molecule has 0 saturated heterocycles. The first-order valence-corrected chi connectivity index (χ1v) is 6.66. The van der Waals surface area contributed by atoms with E-state index in [1.165, 1.54) is 12.1 Å². The highest BCUT2D eigenvalue weighted by molar-refractivity contribution is 9.10. The van der Waals surface area contributed by atoms with Crippen LogP contribution in [0, 0.1) is 12.7 Å². The van der Waals surface area contributed by atoms with Crippen LogP contribution in [0.1, 0.15) is 15.9 Å². The van der Waals surface area contributed by atoms with Crippen LogP contribution in [0.3, 0.4) is 0 Å². The number of carbonyl (C=O) groups is 1. The largest absolute Gasteiger partial charge is 0.322 e. The molecule has 0 aliphatic rings. The number of benzene rings is 2. The van der Waals surface area contributed by atoms with Gasteiger partial charge in [-0.1, -0.05) is 11.6 Å². The van der Waals surface area contributed by atoms with Crippen molar-refractivity contribution in [2.45, 2.75) is 6.92 Å². The molecule has 2 rings (SSSR count). The van der Waals surface area contributed by atoms with Gasteiger partial charge < -0.3 is 5.32 Å². The Labute approximate surface area is 123 Å². The Hall–Kier alpha value is -1.39. The predicted molar refractivity (Wildman–Crippen MR) is 78.2 cm³/mol. The predicted octanol–water partition coefficient (Wildman–Crippen LogP) is 4.80. The first-order valence-electron chi connectivity index (χ1n) is 5.49. The molecule has 0 spiro atoms. The molecule has 0 aliphatic heterocycles. The first kappa shape index (κ1) is 14.0. The molecule has 0 saturated carbocycles. The SMILES string of the molecule is Cc1cc(Cl)cc(C(=O)Nc2ccc(Br)c(F)c2)c1. The molecule has 2 aromatic carbocycles. The normalized spacial score (nSPS) is 10.3. The van der Waals surface area contributed by atoms with Crippen molar-refractivity contribution in [3.63, 3.8) is 0 Å². The van der Waals surface area contributed by atoms with Gasteiger partial charge in [-0.25, -0.2) is 4.39 Å². The van der Waals surface area contributed by atoms with Gasteiger partial charge >= 0.3 is 0 Å². The minimum atomic E-state index is -0.430. The van der Waals surface area contributed by atoms with E-state index in [-0.39, 0.29) is 5.91 Å². The zero-order valence-corrected chi connectivity index (χ0v) is 12.3. The molecule has 1 N–H and O–H groups in total. The topological polar surface area (TPSA) is 29.1 Å². The summed E-state index contributed by atoms with van der Waals surface area (Å²) in [4.78, 5) is 12.0. The van der Waals surface area contributed by atoms with Gasteiger partial charge in [-0.3, -0.25) is 4.79 Å². The quantitative estimate of drug-likeness (QED) is 0.834. The van der Waals surface area contributed by atoms with Gasteiger partial charge in [-0.05, 0) is 64.8 Å². The third-order valence-corrected chi connectivity index (χ3v) is 3.34. The van der Waals surface area contributed by atoms with Crippen LogP contribution in [-0.2, 0) is 0 Å². The highest BCUT2D eigenvalue weighted by Crippen LogP contribution is 2.20. The van der Waals surface area contributed by atoms with Crippen molar-refractivity contribution >= 4 is 39.1 Å². The summed E-state index contributed by atoms with van der Waals surface area (Å²) in [6, 6.07) is 9.45. The highest BCUT2D eigenvalue weighted by atomic mass is 79.9. The molecular weight excluding hydrogens is 333 g/mol. The smallest absolute Gasteiger partial charge is 0.255 e. The number of anilines is 1. The number of nitrogens with one attached hydrogen (secondary N) is 1. The number of rotatable bonds is 2. The van der Waals surface area contributed by atoms with Crippen LogP contribution >= 0.6 is 27.5 Å². The molecule has 0 bridgehead atoms. The van der Waals surface area contributed by atoms with Crippen molar-refractivity contribution in [3.05, 3.63) is 62.8 Å². The average molecular weight is 343 g/mol. The number of halogens is 3. The van der Waals surface area contributed by atoms with E-state index in [1.54, 1.807) is 24.3 Å². The zero-order valence-electron chi connectivity index (χ0n) is 10.0. The molecule has 0 aliphatic carbocycles. The molecule has 0 fully saturated rings. The summed E-state index contributed by atoms with van der Waals surface area (Å²) in [7, 11) is 0. The molecule has 0 aromatic heterocycles. The van der Waals surface area contributed by atoms with Crippen LogP contribution in [-0.4, -0.2) is 5.91 Å². The van der Waals surface area contributed by atoms with E-state index < -0.39 is 5.82 Å². The fourth-order valence-electron chi connectivity index (χ4n) is 1.64. The first-order chi connectivity index (χ1) is 8.95. The Morgan fingerprint density at radius 2 is 2.00 bits per heavy atom. The summed E-state index contributed by atoms with van der Waals surface area (Å²) in [6.07, 6.45) is 0. The number of hydrogen-bond donors (Lipinski definition) is 1. The van der Waals surface area contributed by atoms with E-state index >= 15 is 0 Å². The lowest BCUT2D eigenvalue weighted by Gasteiger charge is -2.07. The maximum atomic E-state index is 13.3. The second-order valence-electron chi connectivity index (χ2n) is 4.10. The van der Waals surface area contributed by atoms with Gasteiger partial charge in [-0.15, -0.1) is 0 Å². The van der Waals surface area contributed by atoms with Crippen LogP contribution in [0.25, 0.3) is 0 Å². The van der Waals surface area contributed by atoms with Gasteiger partial charge in [0.05, 0.1) is 4.47 Å². The van der Waals surface area contributed by atoms with Crippen molar-refractivity contribution in [1.82, 2.24) is 0 Å². The monoisotopic (exact) mass is 341 g/mol. The standard InChI is InChI=1S/C14H10BrClFNO/c1-8-4-9(6-10(16)5-8)14(19)18-11-2-3-12(15)13(17)7-11/h2-7H,1H3,(H,18,19). The van der Waals surface area contributed by atoms with E-state index in [4.69, 9.17) is 11.6 Å². The number of amides is 1. The molecule has 1 amide bonds. The van der Waals surface area contributed by atoms with E-state index in [0.717, 1.165) is 5.56 Å². The maximum Gasteiger partial charge on any atom is 0.255 e. The molecule has 0 unspecified atom stereocenters. The molecule has 0 heterocycles. The van der Waals surface area contributed by atoms with Crippen molar-refractivity contribution in [2.24, 2.45) is 0 Å². The second-order valence-corrected chi connectivity index (χ2v) is 5.39. The Balaban J connectivity index is 2.22. The third-order valence-electron chi connectivity index (χ3n) is 2.48. The molecule has 2 nitrogen and oxygen atoms in total. The summed E-state index contributed by atoms with van der Waals surface area (Å²) >= 11 is 8.95. The van der Waals surface area contributed by atoms with E-state index in [0.29, 0.717) is 20.7 Å². The summed E-state index contributed by atoms with van der Waals surface area (Å²) in [6.45, 7) is 1.85. The van der Waals surface area contributed by atoms with Gasteiger partial charge in [0.1, 0.15) is 5.82 Å². The molecule has 0 atom stereocenters. The van der Waals surface area contributed by atoms with Crippen LogP contribution in [0.4, 0.5) is 10.1 Å². The van der Waals surface area contributed by atoms with Crippen molar-refractivity contribution < 1.29 is 9.18 Å². The fourth-order valence-corrected chi connectivity index (χ4v) is 2.18. The number of aryl methyl sites for hydroxylation is 1. The number of carbonyl (C=O) groups excluding carboxylic acids is 1. The second kappa shape index (κ2) is 5.72. The third kappa shape index (κ3) is 3.55. The number of hydrogen-bond acceptors (Lipinski definition) is 1. The van der Waals surface area contributed by atoms with Gasteiger partial charge in [0, 0.05) is 16.3 Å². The molecule has 0 radical (unpaired) electrons. The van der Waals surface area contributed by atoms with Gasteiger partial charge in [0.25, 0.3) is 5.91 Å². The summed E-state index contributed by atoms with van der Waals surface area (Å²) in [5.74, 6) is -0.757. The highest BCUT2D eigenvalue weighted by Gasteiger charge is 2.09. The average Bonchev–Trinajstić information content (AvgIpc) is 2.32. The molecule has 2 aromatic rings. The van der Waals surface area contributed by atoms with Gasteiger partial charge in [0.15, 0.2) is 0 Å². The van der Waals surface area contributed by atoms with E-state index in [2.05, 4.69) is 21.2 Å². The molecule has 98 valence electrons. The Bertz CT molecular complexity index is 625. The minimum Gasteiger partial charge on any atom is -0.322 e. The van der Waals surface area contributed by atoms with E-state index in [9.17, 15) is 9.18 Å².